The fourth-order valence-electron chi connectivity index (χ4n) is 7.26. The van der Waals surface area contributed by atoms with Crippen LogP contribution in [0.2, 0.25) is 0 Å². The molecule has 0 bridgehead atoms. The van der Waals surface area contributed by atoms with E-state index < -0.39 is 58.2 Å². The SMILES string of the molecule is C.C.[C-]#[N+]C1(c2cc(F)ccc2CCC(=O)O)CCN(C(=O)[C@]2(Oc3csc(C)c3)CCCN(C(=O)c3ncccc3C(F)(F)F)[C@@H]2CCC)CC1. The molecule has 0 spiro atoms. The molecule has 1 N–H and O–H groups in total. The van der Waals surface area contributed by atoms with Crippen LogP contribution in [-0.2, 0) is 27.7 Å². The molecule has 0 radical (unpaired) electrons. The van der Waals surface area contributed by atoms with Crippen LogP contribution in [0.5, 0.6) is 5.75 Å². The molecule has 0 aliphatic carbocycles. The molecular weight excluding hydrogens is 701 g/mol. The Morgan fingerprint density at radius 2 is 1.83 bits per heavy atom. The van der Waals surface area contributed by atoms with E-state index in [0.29, 0.717) is 23.3 Å². The van der Waals surface area contributed by atoms with Gasteiger partial charge in [-0.15, -0.1) is 11.3 Å². The van der Waals surface area contributed by atoms with Crippen LogP contribution < -0.4 is 4.74 Å². The van der Waals surface area contributed by atoms with Crippen LogP contribution in [0.3, 0.4) is 0 Å². The number of piperidine rings is 2. The lowest BCUT2D eigenvalue weighted by Crippen LogP contribution is -2.68. The van der Waals surface area contributed by atoms with Gasteiger partial charge >= 0.3 is 12.1 Å². The number of rotatable bonds is 10. The third kappa shape index (κ3) is 8.41. The number of carboxylic acids is 1. The first-order valence-corrected chi connectivity index (χ1v) is 17.4. The average Bonchev–Trinajstić information content (AvgIpc) is 3.51. The maximum atomic E-state index is 14.9. The van der Waals surface area contributed by atoms with E-state index in [9.17, 15) is 37.1 Å². The predicted octanol–water partition coefficient (Wildman–Crippen LogP) is 8.56. The molecule has 2 atom stereocenters. The maximum Gasteiger partial charge on any atom is 0.418 e. The Morgan fingerprint density at radius 3 is 2.42 bits per heavy atom. The summed E-state index contributed by atoms with van der Waals surface area (Å²) >= 11 is 1.40. The maximum absolute atomic E-state index is 14.9. The lowest BCUT2D eigenvalue weighted by Gasteiger charge is -2.50. The van der Waals surface area contributed by atoms with E-state index in [4.69, 9.17) is 11.3 Å². The van der Waals surface area contributed by atoms with Crippen molar-refractivity contribution in [2.24, 2.45) is 0 Å². The molecule has 2 saturated heterocycles. The number of benzene rings is 1. The van der Waals surface area contributed by atoms with Gasteiger partial charge in [0.1, 0.15) is 17.3 Å². The van der Waals surface area contributed by atoms with E-state index in [1.165, 1.54) is 34.4 Å². The first-order chi connectivity index (χ1) is 23.7. The number of carbonyl (C=O) groups excluding carboxylic acids is 2. The van der Waals surface area contributed by atoms with Crippen molar-refractivity contribution in [2.45, 2.75) is 103 Å². The number of hydrogen-bond acceptors (Lipinski definition) is 6. The lowest BCUT2D eigenvalue weighted by atomic mass is 9.76. The standard InChI is InChI=1S/C36H38F4N4O5S.2CH4/c1-4-7-29-35(49-26-20-23(2)50-22-26,13-6-17-44(29)32(47)31-27(36(38,39)40)8-5-16-42-31)33(48)43-18-14-34(41-3,15-19-43)28-21-25(37)11-9-24(28)10-12-30(45)46;;/h5,8-9,11,16,20-22,29H,4,6-7,10,12-15,17-19H2,1-2H3,(H,45,46);2*1H4/t29-,35+;;/m1../s1. The normalized spacial score (nSPS) is 19.8. The number of nitrogens with zero attached hydrogens (tertiary/aromatic N) is 4. The van der Waals surface area contributed by atoms with Crippen molar-refractivity contribution in [1.82, 2.24) is 14.8 Å². The third-order valence-corrected chi connectivity index (χ3v) is 10.5. The minimum Gasteiger partial charge on any atom is -0.481 e. The smallest absolute Gasteiger partial charge is 0.418 e. The number of aryl methyl sites for hydroxylation is 2. The number of thiophene rings is 1. The highest BCUT2D eigenvalue weighted by Gasteiger charge is 2.57. The van der Waals surface area contributed by atoms with E-state index in [-0.39, 0.29) is 79.4 Å². The van der Waals surface area contributed by atoms with Crippen LogP contribution in [0, 0.1) is 19.3 Å². The summed E-state index contributed by atoms with van der Waals surface area (Å²) in [5.74, 6) is -2.57. The summed E-state index contributed by atoms with van der Waals surface area (Å²) in [6.45, 7) is 12.1. The van der Waals surface area contributed by atoms with Gasteiger partial charge in [0.05, 0.1) is 11.6 Å². The third-order valence-electron chi connectivity index (χ3n) is 9.64. The second kappa shape index (κ2) is 16.9. The monoisotopic (exact) mass is 746 g/mol. The lowest BCUT2D eigenvalue weighted by molar-refractivity contribution is -0.160. The predicted molar refractivity (Wildman–Crippen MR) is 191 cm³/mol. The molecule has 2 aliphatic rings. The second-order valence-corrected chi connectivity index (χ2v) is 13.9. The average molecular weight is 747 g/mol. The van der Waals surface area contributed by atoms with Crippen molar-refractivity contribution in [3.8, 4) is 5.75 Å². The van der Waals surface area contributed by atoms with Crippen LogP contribution in [0.25, 0.3) is 4.85 Å². The number of carbonyl (C=O) groups is 3. The van der Waals surface area contributed by atoms with Gasteiger partial charge in [-0.1, -0.05) is 34.3 Å². The highest BCUT2D eigenvalue weighted by Crippen LogP contribution is 2.44. The molecule has 5 rings (SSSR count). The van der Waals surface area contributed by atoms with Gasteiger partial charge in [0.25, 0.3) is 17.4 Å². The Balaban J connectivity index is 0.00000364. The van der Waals surface area contributed by atoms with E-state index in [1.54, 1.807) is 16.3 Å². The summed E-state index contributed by atoms with van der Waals surface area (Å²) in [6, 6.07) is 6.76. The molecule has 2 amide bonds. The number of aromatic nitrogens is 1. The summed E-state index contributed by atoms with van der Waals surface area (Å²) in [4.78, 5) is 51.8. The number of aliphatic carboxylic acids is 1. The van der Waals surface area contributed by atoms with Crippen LogP contribution in [0.1, 0.15) is 98.8 Å². The van der Waals surface area contributed by atoms with Gasteiger partial charge in [0, 0.05) is 67.3 Å². The summed E-state index contributed by atoms with van der Waals surface area (Å²) in [6.07, 6.45) is -2.32. The zero-order chi connectivity index (χ0) is 36.3. The zero-order valence-electron chi connectivity index (χ0n) is 27.8. The molecule has 14 heteroatoms. The molecule has 9 nitrogen and oxygen atoms in total. The van der Waals surface area contributed by atoms with Gasteiger partial charge < -0.3 is 24.5 Å². The molecule has 2 aliphatic heterocycles. The van der Waals surface area contributed by atoms with Gasteiger partial charge in [-0.2, -0.15) is 13.2 Å². The molecule has 282 valence electrons. The Labute approximate surface area is 306 Å². The first-order valence-electron chi connectivity index (χ1n) is 16.5. The molecule has 2 fully saturated rings. The molecule has 0 saturated carbocycles. The Hall–Kier alpha value is -4.51. The minimum atomic E-state index is -4.83. The van der Waals surface area contributed by atoms with E-state index in [2.05, 4.69) is 9.83 Å². The minimum absolute atomic E-state index is 0. The Morgan fingerprint density at radius 1 is 1.12 bits per heavy atom. The van der Waals surface area contributed by atoms with Gasteiger partial charge in [0.15, 0.2) is 0 Å². The number of pyridine rings is 1. The number of hydrogen-bond donors (Lipinski definition) is 1. The zero-order valence-corrected chi connectivity index (χ0v) is 28.6. The number of ether oxygens (including phenoxy) is 1. The van der Waals surface area contributed by atoms with Gasteiger partial charge in [-0.25, -0.2) is 11.0 Å². The number of amides is 2. The van der Waals surface area contributed by atoms with Crippen LogP contribution >= 0.6 is 11.3 Å². The van der Waals surface area contributed by atoms with Crippen LogP contribution in [-0.4, -0.2) is 69.0 Å². The van der Waals surface area contributed by atoms with Crippen molar-refractivity contribution < 1.29 is 41.8 Å². The van der Waals surface area contributed by atoms with Crippen molar-refractivity contribution in [1.29, 1.82) is 0 Å². The summed E-state index contributed by atoms with van der Waals surface area (Å²) in [5, 5.41) is 11.0. The van der Waals surface area contributed by atoms with Gasteiger partial charge in [-0.3, -0.25) is 19.4 Å². The highest BCUT2D eigenvalue weighted by atomic mass is 32.1. The number of carboxylic acid groups (broad SMARTS) is 1. The number of alkyl halides is 3. The largest absolute Gasteiger partial charge is 0.481 e. The van der Waals surface area contributed by atoms with Crippen molar-refractivity contribution in [2.75, 3.05) is 19.6 Å². The quantitative estimate of drug-likeness (QED) is 0.165. The van der Waals surface area contributed by atoms with E-state index in [0.717, 1.165) is 23.2 Å². The van der Waals surface area contributed by atoms with E-state index in [1.807, 2.05) is 13.8 Å². The fourth-order valence-corrected chi connectivity index (χ4v) is 7.86. The van der Waals surface area contributed by atoms with Crippen LogP contribution in [0.4, 0.5) is 17.6 Å². The molecule has 2 aromatic heterocycles. The Bertz CT molecular complexity index is 1780. The summed E-state index contributed by atoms with van der Waals surface area (Å²) in [5.41, 5.74) is -3.83. The molecule has 1 aromatic carbocycles. The molecule has 52 heavy (non-hydrogen) atoms. The molecule has 3 aromatic rings. The van der Waals surface area contributed by atoms with Crippen molar-refractivity contribution in [3.05, 3.63) is 92.5 Å². The summed E-state index contributed by atoms with van der Waals surface area (Å²) < 4.78 is 63.2. The van der Waals surface area contributed by atoms with Crippen LogP contribution in [0.15, 0.2) is 48.0 Å². The first kappa shape index (κ1) is 41.9. The number of halogens is 4. The fraction of sp³-hybridized carbons (Fsp3) is 0.500. The van der Waals surface area contributed by atoms with Crippen molar-refractivity contribution in [3.63, 3.8) is 0 Å². The Kier molecular flexibility index (Phi) is 13.6. The molecule has 4 heterocycles. The van der Waals surface area contributed by atoms with E-state index >= 15 is 0 Å². The van der Waals surface area contributed by atoms with Gasteiger partial charge in [0.2, 0.25) is 5.60 Å². The number of likely N-dealkylation sites (tertiary alicyclic amines) is 2. The highest BCUT2D eigenvalue weighted by molar-refractivity contribution is 7.10. The van der Waals surface area contributed by atoms with Gasteiger partial charge in [-0.05, 0) is 62.1 Å². The summed E-state index contributed by atoms with van der Waals surface area (Å²) in [7, 11) is 0. The topological polar surface area (TPSA) is 104 Å². The molecule has 0 unspecified atom stereocenters. The second-order valence-electron chi connectivity index (χ2n) is 12.8. The molecular formula is C38H46F4N4O5S. The van der Waals surface area contributed by atoms with Crippen molar-refractivity contribution >= 4 is 29.1 Å².